The third kappa shape index (κ3) is 14.1. The number of carbonyl (C=O) groups is 3. The van der Waals surface area contributed by atoms with E-state index >= 15 is 0 Å². The first-order valence-corrected chi connectivity index (χ1v) is 10.7. The van der Waals surface area contributed by atoms with Gasteiger partial charge in [0.1, 0.15) is 12.6 Å². The molecule has 3 atom stereocenters. The predicted molar refractivity (Wildman–Crippen MR) is 116 cm³/mol. The molecule has 0 saturated carbocycles. The highest BCUT2D eigenvalue weighted by atomic mass is 16.5. The molecule has 0 aromatic carbocycles. The molecule has 0 aliphatic carbocycles. The highest BCUT2D eigenvalue weighted by Crippen LogP contribution is 2.07. The van der Waals surface area contributed by atoms with E-state index in [1.54, 1.807) is 0 Å². The summed E-state index contributed by atoms with van der Waals surface area (Å²) >= 11 is 0. The van der Waals surface area contributed by atoms with Crippen molar-refractivity contribution < 1.29 is 19.1 Å². The topological polar surface area (TPSA) is 215 Å². The van der Waals surface area contributed by atoms with Crippen molar-refractivity contribution in [1.29, 1.82) is 0 Å². The van der Waals surface area contributed by atoms with E-state index in [0.717, 1.165) is 32.1 Å². The van der Waals surface area contributed by atoms with Crippen LogP contribution in [0.3, 0.4) is 0 Å². The lowest BCUT2D eigenvalue weighted by Gasteiger charge is -2.24. The fraction of sp³-hybridized carbons (Fsp3) is 0.842. The van der Waals surface area contributed by atoms with Gasteiger partial charge in [0, 0.05) is 0 Å². The summed E-state index contributed by atoms with van der Waals surface area (Å²) in [4.78, 5) is 36.2. The standard InChI is InChI=1S/C19H41N7O4/c20-10-4-1-7-14(13-30-19(24)29)25-18(28)16(9-3-6-12-22)26-17(27)15(23)8-2-5-11-21/h14-16H,1-13,20-23H2,(H2,24,29)(H,25,28)(H,26,27). The number of ether oxygens (including phenoxy) is 1. The van der Waals surface area contributed by atoms with Gasteiger partial charge in [-0.25, -0.2) is 4.79 Å². The van der Waals surface area contributed by atoms with E-state index in [9.17, 15) is 14.4 Å². The van der Waals surface area contributed by atoms with E-state index in [1.165, 1.54) is 0 Å². The number of nitrogens with one attached hydrogen (secondary N) is 2. The summed E-state index contributed by atoms with van der Waals surface area (Å²) in [5, 5.41) is 5.58. The van der Waals surface area contributed by atoms with Gasteiger partial charge in [-0.1, -0.05) is 12.8 Å². The molecule has 0 aromatic heterocycles. The molecule has 0 spiro atoms. The first kappa shape index (κ1) is 28.1. The summed E-state index contributed by atoms with van der Waals surface area (Å²) in [5.74, 6) is -0.742. The first-order chi connectivity index (χ1) is 14.3. The second-order valence-corrected chi connectivity index (χ2v) is 7.36. The van der Waals surface area contributed by atoms with Gasteiger partial charge in [-0.3, -0.25) is 9.59 Å². The molecule has 0 aromatic rings. The normalized spacial score (nSPS) is 13.9. The number of hydrogen-bond donors (Lipinski definition) is 7. The van der Waals surface area contributed by atoms with Crippen LogP contribution in [0.15, 0.2) is 0 Å². The highest BCUT2D eigenvalue weighted by Gasteiger charge is 2.25. The Kier molecular flexibility index (Phi) is 16.7. The van der Waals surface area contributed by atoms with Crippen molar-refractivity contribution in [3.63, 3.8) is 0 Å². The Labute approximate surface area is 179 Å². The lowest BCUT2D eigenvalue weighted by Crippen LogP contribution is -2.54. The second-order valence-electron chi connectivity index (χ2n) is 7.36. The summed E-state index contributed by atoms with van der Waals surface area (Å²) in [6.07, 6.45) is 5.03. The molecule has 0 bridgehead atoms. The maximum atomic E-state index is 12.8. The van der Waals surface area contributed by atoms with Crippen LogP contribution in [0.4, 0.5) is 4.79 Å². The Balaban J connectivity index is 4.95. The fourth-order valence-corrected chi connectivity index (χ4v) is 2.90. The summed E-state index contributed by atoms with van der Waals surface area (Å²) in [6.45, 7) is 1.51. The number of carbonyl (C=O) groups excluding carboxylic acids is 3. The molecular weight excluding hydrogens is 390 g/mol. The van der Waals surface area contributed by atoms with Gasteiger partial charge in [-0.05, 0) is 64.6 Å². The van der Waals surface area contributed by atoms with Crippen molar-refractivity contribution in [3.8, 4) is 0 Å². The molecule has 3 unspecified atom stereocenters. The maximum Gasteiger partial charge on any atom is 0.404 e. The Morgan fingerprint density at radius 3 is 1.80 bits per heavy atom. The number of hydrogen-bond acceptors (Lipinski definition) is 8. The van der Waals surface area contributed by atoms with E-state index in [0.29, 0.717) is 45.3 Å². The van der Waals surface area contributed by atoms with Crippen LogP contribution in [0.5, 0.6) is 0 Å². The van der Waals surface area contributed by atoms with Crippen LogP contribution in [-0.2, 0) is 14.3 Å². The zero-order valence-corrected chi connectivity index (χ0v) is 17.9. The summed E-state index contributed by atoms with van der Waals surface area (Å²) in [6, 6.07) is -1.89. The molecule has 11 nitrogen and oxygen atoms in total. The van der Waals surface area contributed by atoms with Gasteiger partial charge < -0.3 is 44.0 Å². The molecule has 176 valence electrons. The molecule has 30 heavy (non-hydrogen) atoms. The molecule has 0 radical (unpaired) electrons. The third-order valence-corrected chi connectivity index (χ3v) is 4.67. The van der Waals surface area contributed by atoms with Gasteiger partial charge in [-0.15, -0.1) is 0 Å². The average Bonchev–Trinajstić information content (AvgIpc) is 2.71. The smallest absolute Gasteiger partial charge is 0.404 e. The predicted octanol–water partition coefficient (Wildman–Crippen LogP) is -1.23. The van der Waals surface area contributed by atoms with Crippen molar-refractivity contribution in [3.05, 3.63) is 0 Å². The number of nitrogens with two attached hydrogens (primary N) is 5. The number of unbranched alkanes of at least 4 members (excludes halogenated alkanes) is 3. The van der Waals surface area contributed by atoms with Gasteiger partial charge in [0.05, 0.1) is 12.1 Å². The number of rotatable bonds is 18. The summed E-state index contributed by atoms with van der Waals surface area (Å²) in [5.41, 5.74) is 27.5. The van der Waals surface area contributed by atoms with Crippen LogP contribution in [0.25, 0.3) is 0 Å². The van der Waals surface area contributed by atoms with Crippen LogP contribution in [-0.4, -0.2) is 62.3 Å². The molecule has 0 rings (SSSR count). The Bertz CT molecular complexity index is 494. The van der Waals surface area contributed by atoms with Crippen LogP contribution in [0, 0.1) is 0 Å². The Morgan fingerprint density at radius 2 is 1.27 bits per heavy atom. The first-order valence-electron chi connectivity index (χ1n) is 10.7. The zero-order valence-electron chi connectivity index (χ0n) is 17.9. The minimum absolute atomic E-state index is 0.0479. The van der Waals surface area contributed by atoms with Gasteiger partial charge in [0.25, 0.3) is 0 Å². The molecule has 0 heterocycles. The summed E-state index contributed by atoms with van der Waals surface area (Å²) in [7, 11) is 0. The minimum atomic E-state index is -0.913. The minimum Gasteiger partial charge on any atom is -0.448 e. The van der Waals surface area contributed by atoms with Crippen molar-refractivity contribution in [2.45, 2.75) is 75.9 Å². The average molecular weight is 432 g/mol. The molecule has 0 aliphatic rings. The van der Waals surface area contributed by atoms with Crippen molar-refractivity contribution in [2.24, 2.45) is 28.7 Å². The molecule has 11 heteroatoms. The quantitative estimate of drug-likeness (QED) is 0.130. The lowest BCUT2D eigenvalue weighted by atomic mass is 10.0. The van der Waals surface area contributed by atoms with Crippen LogP contribution in [0.1, 0.15) is 57.8 Å². The van der Waals surface area contributed by atoms with Gasteiger partial charge >= 0.3 is 6.09 Å². The van der Waals surface area contributed by atoms with Crippen LogP contribution in [0.2, 0.25) is 0 Å². The molecule has 0 fully saturated rings. The summed E-state index contributed by atoms with van der Waals surface area (Å²) < 4.78 is 4.85. The van der Waals surface area contributed by atoms with Crippen molar-refractivity contribution in [1.82, 2.24) is 10.6 Å². The number of primary amides is 1. The van der Waals surface area contributed by atoms with Crippen molar-refractivity contribution >= 4 is 17.9 Å². The van der Waals surface area contributed by atoms with E-state index in [-0.39, 0.29) is 18.4 Å². The molecule has 0 aliphatic heterocycles. The Hall–Kier alpha value is -1.95. The van der Waals surface area contributed by atoms with E-state index < -0.39 is 24.2 Å². The molecule has 12 N–H and O–H groups in total. The van der Waals surface area contributed by atoms with Gasteiger partial charge in [-0.2, -0.15) is 0 Å². The maximum absolute atomic E-state index is 12.8. The number of amides is 3. The van der Waals surface area contributed by atoms with Crippen molar-refractivity contribution in [2.75, 3.05) is 26.2 Å². The van der Waals surface area contributed by atoms with Gasteiger partial charge in [0.2, 0.25) is 11.8 Å². The SMILES string of the molecule is NCCCCC(COC(N)=O)NC(=O)C(CCCCN)NC(=O)C(N)CCCCN. The lowest BCUT2D eigenvalue weighted by molar-refractivity contribution is -0.130. The molecule has 0 saturated heterocycles. The van der Waals surface area contributed by atoms with Crippen LogP contribution < -0.4 is 39.3 Å². The largest absolute Gasteiger partial charge is 0.448 e. The molecule has 3 amide bonds. The highest BCUT2D eigenvalue weighted by molar-refractivity contribution is 5.89. The van der Waals surface area contributed by atoms with E-state index in [1.807, 2.05) is 0 Å². The van der Waals surface area contributed by atoms with Gasteiger partial charge in [0.15, 0.2) is 0 Å². The second kappa shape index (κ2) is 17.9. The molecular formula is C19H41N7O4. The van der Waals surface area contributed by atoms with E-state index in [4.69, 9.17) is 33.4 Å². The van der Waals surface area contributed by atoms with Crippen LogP contribution >= 0.6 is 0 Å². The van der Waals surface area contributed by atoms with E-state index in [2.05, 4.69) is 10.6 Å². The fourth-order valence-electron chi connectivity index (χ4n) is 2.90. The Morgan fingerprint density at radius 1 is 0.733 bits per heavy atom. The monoisotopic (exact) mass is 431 g/mol. The third-order valence-electron chi connectivity index (χ3n) is 4.67. The zero-order chi connectivity index (χ0) is 22.8.